The fourth-order valence-corrected chi connectivity index (χ4v) is 2.88. The highest BCUT2D eigenvalue weighted by Gasteiger charge is 2.22. The SMILES string of the molecule is CCCN1CCN(c2c(F)cccc2C(C)NC)CC1. The van der Waals surface area contributed by atoms with Gasteiger partial charge in [-0.05, 0) is 38.6 Å². The first kappa shape index (κ1) is 15.3. The van der Waals surface area contributed by atoms with Crippen LogP contribution in [0.3, 0.4) is 0 Å². The smallest absolute Gasteiger partial charge is 0.146 e. The molecule has 0 spiro atoms. The number of hydrogen-bond donors (Lipinski definition) is 1. The zero-order valence-electron chi connectivity index (χ0n) is 12.8. The average Bonchev–Trinajstić information content (AvgIpc) is 2.47. The van der Waals surface area contributed by atoms with Gasteiger partial charge >= 0.3 is 0 Å². The molecule has 1 saturated heterocycles. The van der Waals surface area contributed by atoms with E-state index in [0.29, 0.717) is 0 Å². The van der Waals surface area contributed by atoms with Crippen LogP contribution in [0.15, 0.2) is 18.2 Å². The van der Waals surface area contributed by atoms with Crippen molar-refractivity contribution >= 4 is 5.69 Å². The van der Waals surface area contributed by atoms with E-state index in [0.717, 1.165) is 44.0 Å². The predicted octanol–water partition coefficient (Wildman–Crippen LogP) is 2.64. The van der Waals surface area contributed by atoms with Gasteiger partial charge in [0, 0.05) is 32.2 Å². The standard InChI is InChI=1S/C16H26FN3/c1-4-8-19-9-11-20(12-10-19)16-14(13(2)18-3)6-5-7-15(16)17/h5-7,13,18H,4,8-12H2,1-3H3. The highest BCUT2D eigenvalue weighted by atomic mass is 19.1. The molecule has 0 aromatic heterocycles. The molecule has 1 unspecified atom stereocenters. The molecule has 0 saturated carbocycles. The fourth-order valence-electron chi connectivity index (χ4n) is 2.88. The van der Waals surface area contributed by atoms with E-state index >= 15 is 0 Å². The van der Waals surface area contributed by atoms with Crippen molar-refractivity contribution in [1.82, 2.24) is 10.2 Å². The maximum absolute atomic E-state index is 14.3. The Labute approximate surface area is 121 Å². The molecule has 0 radical (unpaired) electrons. The molecule has 0 aliphatic carbocycles. The molecule has 1 atom stereocenters. The van der Waals surface area contributed by atoms with E-state index in [1.165, 1.54) is 6.42 Å². The van der Waals surface area contributed by atoms with Crippen molar-refractivity contribution in [3.63, 3.8) is 0 Å². The lowest BCUT2D eigenvalue weighted by atomic mass is 10.0. The zero-order valence-corrected chi connectivity index (χ0v) is 12.8. The molecule has 1 heterocycles. The average molecular weight is 279 g/mol. The number of anilines is 1. The van der Waals surface area contributed by atoms with E-state index in [2.05, 4.69) is 29.0 Å². The second kappa shape index (κ2) is 7.04. The predicted molar refractivity (Wildman–Crippen MR) is 82.8 cm³/mol. The van der Waals surface area contributed by atoms with Crippen molar-refractivity contribution in [2.45, 2.75) is 26.3 Å². The maximum Gasteiger partial charge on any atom is 0.146 e. The van der Waals surface area contributed by atoms with Crippen LogP contribution in [-0.4, -0.2) is 44.7 Å². The molecule has 3 nitrogen and oxygen atoms in total. The summed E-state index contributed by atoms with van der Waals surface area (Å²) in [6.07, 6.45) is 1.18. The van der Waals surface area contributed by atoms with Crippen molar-refractivity contribution in [2.24, 2.45) is 0 Å². The van der Waals surface area contributed by atoms with Gasteiger partial charge in [-0.15, -0.1) is 0 Å². The lowest BCUT2D eigenvalue weighted by Crippen LogP contribution is -2.47. The summed E-state index contributed by atoms with van der Waals surface area (Å²) in [5.41, 5.74) is 1.84. The normalized spacial score (nSPS) is 18.3. The molecule has 1 fully saturated rings. The summed E-state index contributed by atoms with van der Waals surface area (Å²) in [5, 5.41) is 3.21. The van der Waals surface area contributed by atoms with Gasteiger partial charge in [0.05, 0.1) is 5.69 Å². The monoisotopic (exact) mass is 279 g/mol. The van der Waals surface area contributed by atoms with Crippen LogP contribution in [0.5, 0.6) is 0 Å². The van der Waals surface area contributed by atoms with Gasteiger partial charge in [-0.2, -0.15) is 0 Å². The van der Waals surface area contributed by atoms with Gasteiger partial charge < -0.3 is 10.2 Å². The zero-order chi connectivity index (χ0) is 14.5. The van der Waals surface area contributed by atoms with Gasteiger partial charge in [0.2, 0.25) is 0 Å². The minimum absolute atomic E-state index is 0.103. The van der Waals surface area contributed by atoms with Crippen molar-refractivity contribution in [1.29, 1.82) is 0 Å². The first-order chi connectivity index (χ1) is 9.67. The summed E-state index contributed by atoms with van der Waals surface area (Å²) >= 11 is 0. The molecule has 0 amide bonds. The van der Waals surface area contributed by atoms with Gasteiger partial charge in [-0.1, -0.05) is 19.1 Å². The summed E-state index contributed by atoms with van der Waals surface area (Å²) in [5.74, 6) is -0.103. The Morgan fingerprint density at radius 3 is 2.55 bits per heavy atom. The third-order valence-electron chi connectivity index (χ3n) is 4.15. The van der Waals surface area contributed by atoms with Crippen molar-refractivity contribution in [3.05, 3.63) is 29.6 Å². The molecule has 0 bridgehead atoms. The number of nitrogens with one attached hydrogen (secondary N) is 1. The van der Waals surface area contributed by atoms with Crippen LogP contribution < -0.4 is 10.2 Å². The Morgan fingerprint density at radius 1 is 1.25 bits per heavy atom. The van der Waals surface area contributed by atoms with Crippen LogP contribution in [0.4, 0.5) is 10.1 Å². The third-order valence-corrected chi connectivity index (χ3v) is 4.15. The van der Waals surface area contributed by atoms with Gasteiger partial charge in [0.25, 0.3) is 0 Å². The van der Waals surface area contributed by atoms with Gasteiger partial charge in [0.1, 0.15) is 5.82 Å². The molecule has 1 aliphatic heterocycles. The Morgan fingerprint density at radius 2 is 1.95 bits per heavy atom. The van der Waals surface area contributed by atoms with E-state index < -0.39 is 0 Å². The third kappa shape index (κ3) is 3.30. The van der Waals surface area contributed by atoms with Crippen molar-refractivity contribution < 1.29 is 4.39 Å². The summed E-state index contributed by atoms with van der Waals surface area (Å²) < 4.78 is 14.3. The molecule has 20 heavy (non-hydrogen) atoms. The van der Waals surface area contributed by atoms with Crippen LogP contribution in [0.2, 0.25) is 0 Å². The lowest BCUT2D eigenvalue weighted by molar-refractivity contribution is 0.257. The lowest BCUT2D eigenvalue weighted by Gasteiger charge is -2.37. The molecule has 1 aromatic rings. The van der Waals surface area contributed by atoms with E-state index in [9.17, 15) is 4.39 Å². The Hall–Kier alpha value is -1.13. The summed E-state index contributed by atoms with van der Waals surface area (Å²) in [6, 6.07) is 5.56. The van der Waals surface area contributed by atoms with Gasteiger partial charge in [-0.25, -0.2) is 4.39 Å². The minimum Gasteiger partial charge on any atom is -0.366 e. The van der Waals surface area contributed by atoms with Crippen molar-refractivity contribution in [2.75, 3.05) is 44.7 Å². The summed E-state index contributed by atoms with van der Waals surface area (Å²) in [6.45, 7) is 9.28. The van der Waals surface area contributed by atoms with E-state index in [4.69, 9.17) is 0 Å². The van der Waals surface area contributed by atoms with Crippen LogP contribution in [0.25, 0.3) is 0 Å². The number of rotatable bonds is 5. The number of nitrogens with zero attached hydrogens (tertiary/aromatic N) is 2. The number of para-hydroxylation sites is 1. The largest absolute Gasteiger partial charge is 0.366 e. The maximum atomic E-state index is 14.3. The second-order valence-electron chi connectivity index (χ2n) is 5.52. The number of halogens is 1. The Kier molecular flexibility index (Phi) is 5.38. The molecule has 2 rings (SSSR count). The number of benzene rings is 1. The molecule has 112 valence electrons. The molecule has 1 aliphatic rings. The highest BCUT2D eigenvalue weighted by Crippen LogP contribution is 2.30. The van der Waals surface area contributed by atoms with E-state index in [1.54, 1.807) is 12.1 Å². The number of hydrogen-bond acceptors (Lipinski definition) is 3. The van der Waals surface area contributed by atoms with Gasteiger partial charge in [0.15, 0.2) is 0 Å². The van der Waals surface area contributed by atoms with Gasteiger partial charge in [-0.3, -0.25) is 4.90 Å². The number of piperazine rings is 1. The highest BCUT2D eigenvalue weighted by molar-refractivity contribution is 5.56. The molecule has 1 aromatic carbocycles. The molecule has 1 N–H and O–H groups in total. The summed E-state index contributed by atoms with van der Waals surface area (Å²) in [4.78, 5) is 4.66. The second-order valence-corrected chi connectivity index (χ2v) is 5.52. The fraction of sp³-hybridized carbons (Fsp3) is 0.625. The molecular formula is C16H26FN3. The topological polar surface area (TPSA) is 18.5 Å². The van der Waals surface area contributed by atoms with E-state index in [1.807, 2.05) is 13.1 Å². The minimum atomic E-state index is -0.103. The first-order valence-corrected chi connectivity index (χ1v) is 7.60. The Balaban J connectivity index is 2.16. The summed E-state index contributed by atoms with van der Waals surface area (Å²) in [7, 11) is 1.92. The van der Waals surface area contributed by atoms with Crippen LogP contribution in [-0.2, 0) is 0 Å². The first-order valence-electron chi connectivity index (χ1n) is 7.60. The molecular weight excluding hydrogens is 253 g/mol. The van der Waals surface area contributed by atoms with Crippen LogP contribution in [0.1, 0.15) is 31.9 Å². The van der Waals surface area contributed by atoms with Crippen molar-refractivity contribution in [3.8, 4) is 0 Å². The Bertz CT molecular complexity index is 428. The van der Waals surface area contributed by atoms with Crippen LogP contribution in [0, 0.1) is 5.82 Å². The van der Waals surface area contributed by atoms with E-state index in [-0.39, 0.29) is 11.9 Å². The van der Waals surface area contributed by atoms with Crippen LogP contribution >= 0.6 is 0 Å². The molecule has 4 heteroatoms. The quantitative estimate of drug-likeness (QED) is 0.894.